The summed E-state index contributed by atoms with van der Waals surface area (Å²) in [5, 5.41) is 9.08. The SMILES string of the molecule is COc1cc(I)c(CC#N)cc1Cl. The molecule has 0 amide bonds. The van der Waals surface area contributed by atoms with Crippen LogP contribution in [0.1, 0.15) is 5.56 Å². The van der Waals surface area contributed by atoms with Crippen LogP contribution in [0.3, 0.4) is 0 Å². The fourth-order valence-electron chi connectivity index (χ4n) is 0.947. The topological polar surface area (TPSA) is 33.0 Å². The highest BCUT2D eigenvalue weighted by molar-refractivity contribution is 14.1. The molecule has 0 aliphatic heterocycles. The lowest BCUT2D eigenvalue weighted by atomic mass is 10.1. The fourth-order valence-corrected chi connectivity index (χ4v) is 1.84. The third-order valence-corrected chi connectivity index (χ3v) is 2.89. The predicted octanol–water partition coefficient (Wildman–Crippen LogP) is 3.02. The van der Waals surface area contributed by atoms with Gasteiger partial charge in [-0.05, 0) is 40.3 Å². The normalized spacial score (nSPS) is 9.38. The summed E-state index contributed by atoms with van der Waals surface area (Å²) in [5.41, 5.74) is 0.939. The van der Waals surface area contributed by atoms with Crippen molar-refractivity contribution >= 4 is 34.2 Å². The van der Waals surface area contributed by atoms with Crippen molar-refractivity contribution < 1.29 is 4.74 Å². The summed E-state index contributed by atoms with van der Waals surface area (Å²) in [6.45, 7) is 0. The average molecular weight is 308 g/mol. The van der Waals surface area contributed by atoms with Gasteiger partial charge in [-0.1, -0.05) is 11.6 Å². The number of hydrogen-bond acceptors (Lipinski definition) is 2. The molecule has 0 bridgehead atoms. The number of ether oxygens (including phenoxy) is 1. The van der Waals surface area contributed by atoms with Crippen molar-refractivity contribution in [2.24, 2.45) is 0 Å². The number of nitrogens with zero attached hydrogens (tertiary/aromatic N) is 1. The molecule has 0 saturated carbocycles. The molecule has 0 aromatic heterocycles. The molecular weight excluding hydrogens is 300 g/mol. The summed E-state index contributed by atoms with van der Waals surface area (Å²) in [6.07, 6.45) is 0.377. The Morgan fingerprint density at radius 1 is 1.62 bits per heavy atom. The summed E-state index contributed by atoms with van der Waals surface area (Å²) in [7, 11) is 1.57. The van der Waals surface area contributed by atoms with Crippen LogP contribution >= 0.6 is 34.2 Å². The molecule has 13 heavy (non-hydrogen) atoms. The number of benzene rings is 1. The van der Waals surface area contributed by atoms with Gasteiger partial charge < -0.3 is 4.74 Å². The van der Waals surface area contributed by atoms with Crippen molar-refractivity contribution in [3.63, 3.8) is 0 Å². The van der Waals surface area contributed by atoms with E-state index in [1.807, 2.05) is 6.07 Å². The van der Waals surface area contributed by atoms with Gasteiger partial charge in [-0.3, -0.25) is 0 Å². The van der Waals surface area contributed by atoms with Crippen molar-refractivity contribution in [1.29, 1.82) is 5.26 Å². The van der Waals surface area contributed by atoms with Crippen molar-refractivity contribution in [3.8, 4) is 11.8 Å². The lowest BCUT2D eigenvalue weighted by Gasteiger charge is -2.06. The molecule has 0 heterocycles. The number of nitriles is 1. The van der Waals surface area contributed by atoms with Crippen LogP contribution in [0.5, 0.6) is 5.75 Å². The first-order valence-electron chi connectivity index (χ1n) is 3.58. The first kappa shape index (κ1) is 10.6. The molecule has 0 saturated heterocycles. The Balaban J connectivity index is 3.14. The van der Waals surface area contributed by atoms with Gasteiger partial charge in [0.05, 0.1) is 24.6 Å². The predicted molar refractivity (Wildman–Crippen MR) is 60.0 cm³/mol. The smallest absolute Gasteiger partial charge is 0.138 e. The zero-order chi connectivity index (χ0) is 9.84. The highest BCUT2D eigenvalue weighted by Gasteiger charge is 2.06. The van der Waals surface area contributed by atoms with Gasteiger partial charge in [0, 0.05) is 3.57 Å². The van der Waals surface area contributed by atoms with Gasteiger partial charge in [0.25, 0.3) is 0 Å². The number of rotatable bonds is 2. The molecule has 0 unspecified atom stereocenters. The Morgan fingerprint density at radius 3 is 2.85 bits per heavy atom. The standard InChI is InChI=1S/C9H7ClINO/c1-13-9-5-8(11)6(2-3-12)4-7(9)10/h4-5H,2H2,1H3. The highest BCUT2D eigenvalue weighted by atomic mass is 127. The van der Waals surface area contributed by atoms with E-state index in [1.54, 1.807) is 13.2 Å². The minimum atomic E-state index is 0.377. The van der Waals surface area contributed by atoms with E-state index in [0.717, 1.165) is 9.13 Å². The molecule has 0 aliphatic carbocycles. The van der Waals surface area contributed by atoms with Crippen molar-refractivity contribution in [3.05, 3.63) is 26.3 Å². The molecule has 68 valence electrons. The lowest BCUT2D eigenvalue weighted by Crippen LogP contribution is -1.91. The molecule has 0 radical (unpaired) electrons. The quantitative estimate of drug-likeness (QED) is 0.787. The maximum absolute atomic E-state index is 8.53. The van der Waals surface area contributed by atoms with Gasteiger partial charge in [0.2, 0.25) is 0 Å². The van der Waals surface area contributed by atoms with Crippen molar-refractivity contribution in [2.45, 2.75) is 6.42 Å². The summed E-state index contributed by atoms with van der Waals surface area (Å²) < 4.78 is 6.04. The van der Waals surface area contributed by atoms with E-state index in [1.165, 1.54) is 0 Å². The molecule has 2 nitrogen and oxygen atoms in total. The zero-order valence-corrected chi connectivity index (χ0v) is 9.89. The molecule has 1 rings (SSSR count). The minimum Gasteiger partial charge on any atom is -0.495 e. The van der Waals surface area contributed by atoms with Gasteiger partial charge >= 0.3 is 0 Å². The molecule has 4 heteroatoms. The fraction of sp³-hybridized carbons (Fsp3) is 0.222. The number of methoxy groups -OCH3 is 1. The molecule has 1 aromatic rings. The monoisotopic (exact) mass is 307 g/mol. The third-order valence-electron chi connectivity index (χ3n) is 1.59. The van der Waals surface area contributed by atoms with Gasteiger partial charge in [-0.2, -0.15) is 5.26 Å². The average Bonchev–Trinajstić information content (AvgIpc) is 2.11. The molecule has 1 aromatic carbocycles. The van der Waals surface area contributed by atoms with Crippen LogP contribution in [0.15, 0.2) is 12.1 Å². The van der Waals surface area contributed by atoms with E-state index < -0.39 is 0 Å². The maximum Gasteiger partial charge on any atom is 0.138 e. The van der Waals surface area contributed by atoms with Gasteiger partial charge in [-0.25, -0.2) is 0 Å². The Bertz CT molecular complexity index is 359. The zero-order valence-electron chi connectivity index (χ0n) is 6.97. The molecule has 0 atom stereocenters. The van der Waals surface area contributed by atoms with E-state index >= 15 is 0 Å². The Kier molecular flexibility index (Phi) is 3.82. The summed E-state index contributed by atoms with van der Waals surface area (Å²) in [6, 6.07) is 5.68. The molecule has 0 spiro atoms. The van der Waals surface area contributed by atoms with E-state index in [-0.39, 0.29) is 0 Å². The summed E-state index contributed by atoms with van der Waals surface area (Å²) >= 11 is 8.06. The second kappa shape index (κ2) is 4.68. The van der Waals surface area contributed by atoms with E-state index in [2.05, 4.69) is 28.7 Å². The van der Waals surface area contributed by atoms with E-state index in [9.17, 15) is 0 Å². The van der Waals surface area contributed by atoms with Crippen LogP contribution in [-0.2, 0) is 6.42 Å². The first-order chi connectivity index (χ1) is 6.19. The number of hydrogen-bond donors (Lipinski definition) is 0. The van der Waals surface area contributed by atoms with E-state index in [0.29, 0.717) is 17.2 Å². The Morgan fingerprint density at radius 2 is 2.31 bits per heavy atom. The van der Waals surface area contributed by atoms with Crippen molar-refractivity contribution in [2.75, 3.05) is 7.11 Å². The van der Waals surface area contributed by atoms with Crippen LogP contribution in [0, 0.1) is 14.9 Å². The minimum absolute atomic E-state index is 0.377. The molecular formula is C9H7ClINO. The van der Waals surface area contributed by atoms with Crippen LogP contribution < -0.4 is 4.74 Å². The Labute approximate surface area is 95.6 Å². The van der Waals surface area contributed by atoms with Gasteiger partial charge in [0.15, 0.2) is 0 Å². The first-order valence-corrected chi connectivity index (χ1v) is 5.03. The van der Waals surface area contributed by atoms with Crippen LogP contribution in [-0.4, -0.2) is 7.11 Å². The largest absolute Gasteiger partial charge is 0.495 e. The molecule has 0 N–H and O–H groups in total. The Hall–Kier alpha value is -0.470. The molecule has 0 aliphatic rings. The van der Waals surface area contributed by atoms with E-state index in [4.69, 9.17) is 21.6 Å². The van der Waals surface area contributed by atoms with Crippen LogP contribution in [0.4, 0.5) is 0 Å². The summed E-state index contributed by atoms with van der Waals surface area (Å²) in [5.74, 6) is 0.646. The van der Waals surface area contributed by atoms with Gasteiger partial charge in [-0.15, -0.1) is 0 Å². The van der Waals surface area contributed by atoms with Gasteiger partial charge in [0.1, 0.15) is 5.75 Å². The lowest BCUT2D eigenvalue weighted by molar-refractivity contribution is 0.414. The summed E-state index contributed by atoms with van der Waals surface area (Å²) in [4.78, 5) is 0. The number of halogens is 2. The highest BCUT2D eigenvalue weighted by Crippen LogP contribution is 2.29. The molecule has 0 fully saturated rings. The second-order valence-electron chi connectivity index (χ2n) is 2.41. The maximum atomic E-state index is 8.53. The third kappa shape index (κ3) is 2.48. The van der Waals surface area contributed by atoms with Crippen molar-refractivity contribution in [1.82, 2.24) is 0 Å². The van der Waals surface area contributed by atoms with Crippen LogP contribution in [0.25, 0.3) is 0 Å². The second-order valence-corrected chi connectivity index (χ2v) is 3.98. The van der Waals surface area contributed by atoms with Crippen LogP contribution in [0.2, 0.25) is 5.02 Å².